The SMILES string of the molecule is CCOC(=O)NNC(=O)c1ccc(I)cc1. The van der Waals surface area contributed by atoms with Crippen LogP contribution in [-0.4, -0.2) is 18.6 Å². The van der Waals surface area contributed by atoms with Gasteiger partial charge in [-0.1, -0.05) is 0 Å². The molecule has 0 bridgehead atoms. The Bertz CT molecular complexity index is 378. The molecule has 0 atom stereocenters. The van der Waals surface area contributed by atoms with E-state index in [0.717, 1.165) is 3.57 Å². The van der Waals surface area contributed by atoms with Crippen molar-refractivity contribution in [2.75, 3.05) is 6.61 Å². The summed E-state index contributed by atoms with van der Waals surface area (Å²) in [7, 11) is 0. The second-order valence-electron chi connectivity index (χ2n) is 2.81. The summed E-state index contributed by atoms with van der Waals surface area (Å²) in [5.74, 6) is -0.385. The summed E-state index contributed by atoms with van der Waals surface area (Å²) in [6.45, 7) is 1.94. The van der Waals surface area contributed by atoms with Gasteiger partial charge in [0.15, 0.2) is 0 Å². The van der Waals surface area contributed by atoms with Gasteiger partial charge < -0.3 is 4.74 Å². The quantitative estimate of drug-likeness (QED) is 0.639. The van der Waals surface area contributed by atoms with Crippen molar-refractivity contribution in [2.24, 2.45) is 0 Å². The first kappa shape index (κ1) is 12.8. The molecule has 0 fully saturated rings. The number of hydrogen-bond acceptors (Lipinski definition) is 3. The van der Waals surface area contributed by atoms with Gasteiger partial charge in [0.2, 0.25) is 0 Å². The number of hydrogen-bond donors (Lipinski definition) is 2. The van der Waals surface area contributed by atoms with E-state index in [-0.39, 0.29) is 12.5 Å². The third kappa shape index (κ3) is 4.05. The number of halogens is 1. The highest BCUT2D eigenvalue weighted by molar-refractivity contribution is 14.1. The highest BCUT2D eigenvalue weighted by Crippen LogP contribution is 2.06. The second-order valence-corrected chi connectivity index (χ2v) is 4.05. The van der Waals surface area contributed by atoms with Crippen LogP contribution in [0.4, 0.5) is 4.79 Å². The van der Waals surface area contributed by atoms with Crippen molar-refractivity contribution in [2.45, 2.75) is 6.92 Å². The van der Waals surface area contributed by atoms with Crippen LogP contribution >= 0.6 is 22.6 Å². The number of rotatable bonds is 2. The normalized spacial score (nSPS) is 9.38. The van der Waals surface area contributed by atoms with E-state index in [1.54, 1.807) is 31.2 Å². The summed E-state index contributed by atoms with van der Waals surface area (Å²) in [6.07, 6.45) is -0.679. The Morgan fingerprint density at radius 1 is 1.25 bits per heavy atom. The topological polar surface area (TPSA) is 67.4 Å². The molecule has 1 aromatic rings. The van der Waals surface area contributed by atoms with Crippen LogP contribution < -0.4 is 10.9 Å². The number of ether oxygens (including phenoxy) is 1. The molecule has 16 heavy (non-hydrogen) atoms. The van der Waals surface area contributed by atoms with Gasteiger partial charge in [-0.2, -0.15) is 0 Å². The van der Waals surface area contributed by atoms with E-state index in [4.69, 9.17) is 0 Å². The predicted octanol–water partition coefficient (Wildman–Crippen LogP) is 1.68. The van der Waals surface area contributed by atoms with Crippen molar-refractivity contribution in [1.29, 1.82) is 0 Å². The van der Waals surface area contributed by atoms with Crippen molar-refractivity contribution in [3.8, 4) is 0 Å². The minimum absolute atomic E-state index is 0.255. The van der Waals surface area contributed by atoms with E-state index in [0.29, 0.717) is 5.56 Å². The van der Waals surface area contributed by atoms with Gasteiger partial charge >= 0.3 is 6.09 Å². The average Bonchev–Trinajstić information content (AvgIpc) is 2.27. The van der Waals surface area contributed by atoms with Crippen molar-refractivity contribution >= 4 is 34.6 Å². The van der Waals surface area contributed by atoms with Crippen molar-refractivity contribution in [3.05, 3.63) is 33.4 Å². The first-order chi connectivity index (χ1) is 7.63. The van der Waals surface area contributed by atoms with Crippen LogP contribution in [0.1, 0.15) is 17.3 Å². The maximum absolute atomic E-state index is 11.5. The fraction of sp³-hybridized carbons (Fsp3) is 0.200. The van der Waals surface area contributed by atoms with Gasteiger partial charge in [-0.05, 0) is 53.8 Å². The molecule has 6 heteroatoms. The first-order valence-electron chi connectivity index (χ1n) is 4.62. The molecule has 5 nitrogen and oxygen atoms in total. The minimum atomic E-state index is -0.679. The number of carbonyl (C=O) groups is 2. The summed E-state index contributed by atoms with van der Waals surface area (Å²) in [6, 6.07) is 6.95. The van der Waals surface area contributed by atoms with Crippen LogP contribution in [-0.2, 0) is 4.74 Å². The molecule has 0 aliphatic carbocycles. The zero-order valence-corrected chi connectivity index (χ0v) is 10.8. The Labute approximate surface area is 107 Å². The lowest BCUT2D eigenvalue weighted by Crippen LogP contribution is -2.41. The van der Waals surface area contributed by atoms with Crippen LogP contribution in [0.3, 0.4) is 0 Å². The highest BCUT2D eigenvalue weighted by Gasteiger charge is 2.06. The second kappa shape index (κ2) is 6.31. The Hall–Kier alpha value is -1.31. The average molecular weight is 334 g/mol. The molecule has 0 aromatic heterocycles. The number of hydrazine groups is 1. The van der Waals surface area contributed by atoms with Crippen LogP contribution in [0.15, 0.2) is 24.3 Å². The minimum Gasteiger partial charge on any atom is -0.449 e. The number of benzene rings is 1. The zero-order valence-electron chi connectivity index (χ0n) is 8.62. The third-order valence-electron chi connectivity index (χ3n) is 1.66. The molecule has 2 N–H and O–H groups in total. The molecule has 0 unspecified atom stereocenters. The molecular formula is C10H11IN2O3. The molecule has 2 amide bonds. The molecule has 0 aliphatic heterocycles. The lowest BCUT2D eigenvalue weighted by molar-refractivity contribution is 0.0912. The van der Waals surface area contributed by atoms with Crippen LogP contribution in [0, 0.1) is 3.57 Å². The van der Waals surface area contributed by atoms with Crippen LogP contribution in [0.25, 0.3) is 0 Å². The van der Waals surface area contributed by atoms with Gasteiger partial charge in [-0.3, -0.25) is 10.2 Å². The molecule has 0 heterocycles. The molecule has 0 radical (unpaired) electrons. The van der Waals surface area contributed by atoms with E-state index in [2.05, 4.69) is 38.2 Å². The summed E-state index contributed by atoms with van der Waals surface area (Å²) in [5.41, 5.74) is 4.84. The number of nitrogens with one attached hydrogen (secondary N) is 2. The summed E-state index contributed by atoms with van der Waals surface area (Å²) in [5, 5.41) is 0. The van der Waals surface area contributed by atoms with Crippen molar-refractivity contribution < 1.29 is 14.3 Å². The van der Waals surface area contributed by atoms with Crippen LogP contribution in [0.2, 0.25) is 0 Å². The van der Waals surface area contributed by atoms with E-state index >= 15 is 0 Å². The van der Waals surface area contributed by atoms with Gasteiger partial charge in [0, 0.05) is 9.13 Å². The molecule has 86 valence electrons. The molecule has 1 aromatic carbocycles. The lowest BCUT2D eigenvalue weighted by Gasteiger charge is -2.06. The number of carbonyl (C=O) groups excluding carboxylic acids is 2. The van der Waals surface area contributed by atoms with Gasteiger partial charge in [-0.25, -0.2) is 10.2 Å². The van der Waals surface area contributed by atoms with Crippen molar-refractivity contribution in [3.63, 3.8) is 0 Å². The van der Waals surface area contributed by atoms with E-state index in [1.807, 2.05) is 0 Å². The monoisotopic (exact) mass is 334 g/mol. The van der Waals surface area contributed by atoms with Gasteiger partial charge in [0.05, 0.1) is 6.61 Å². The molecule has 0 saturated heterocycles. The predicted molar refractivity (Wildman–Crippen MR) is 66.8 cm³/mol. The molecule has 0 aliphatic rings. The zero-order chi connectivity index (χ0) is 12.0. The smallest absolute Gasteiger partial charge is 0.426 e. The summed E-state index contributed by atoms with van der Waals surface area (Å²) in [4.78, 5) is 22.4. The number of amides is 2. The summed E-state index contributed by atoms with van der Waals surface area (Å²) < 4.78 is 5.62. The van der Waals surface area contributed by atoms with Crippen LogP contribution in [0.5, 0.6) is 0 Å². The van der Waals surface area contributed by atoms with Gasteiger partial charge in [0.1, 0.15) is 0 Å². The standard InChI is InChI=1S/C10H11IN2O3/c1-2-16-10(15)13-12-9(14)7-3-5-8(11)6-4-7/h3-6H,2H2,1H3,(H,12,14)(H,13,15). The molecule has 0 saturated carbocycles. The highest BCUT2D eigenvalue weighted by atomic mass is 127. The lowest BCUT2D eigenvalue weighted by atomic mass is 10.2. The van der Waals surface area contributed by atoms with Crippen molar-refractivity contribution in [1.82, 2.24) is 10.9 Å². The largest absolute Gasteiger partial charge is 0.449 e. The molecule has 1 rings (SSSR count). The van der Waals surface area contributed by atoms with E-state index < -0.39 is 6.09 Å². The maximum Gasteiger partial charge on any atom is 0.426 e. The third-order valence-corrected chi connectivity index (χ3v) is 2.38. The molecule has 0 spiro atoms. The molecular weight excluding hydrogens is 323 g/mol. The Morgan fingerprint density at radius 2 is 1.88 bits per heavy atom. The Kier molecular flexibility index (Phi) is 5.03. The van der Waals surface area contributed by atoms with Gasteiger partial charge in [-0.15, -0.1) is 0 Å². The first-order valence-corrected chi connectivity index (χ1v) is 5.70. The van der Waals surface area contributed by atoms with Gasteiger partial charge in [0.25, 0.3) is 5.91 Å². The maximum atomic E-state index is 11.5. The fourth-order valence-corrected chi connectivity index (χ4v) is 1.31. The summed E-state index contributed by atoms with van der Waals surface area (Å²) >= 11 is 2.14. The Morgan fingerprint density at radius 3 is 2.44 bits per heavy atom. The van der Waals surface area contributed by atoms with E-state index in [9.17, 15) is 9.59 Å². The Balaban J connectivity index is 2.47. The van der Waals surface area contributed by atoms with E-state index in [1.165, 1.54) is 0 Å². The fourth-order valence-electron chi connectivity index (χ4n) is 0.948.